The first kappa shape index (κ1) is 20.2. The van der Waals surface area contributed by atoms with E-state index >= 15 is 0 Å². The molecule has 0 radical (unpaired) electrons. The second-order valence-corrected chi connectivity index (χ2v) is 7.29. The summed E-state index contributed by atoms with van der Waals surface area (Å²) in [5.41, 5.74) is 5.60. The summed E-state index contributed by atoms with van der Waals surface area (Å²) in [5.74, 6) is -0.251. The van der Waals surface area contributed by atoms with Gasteiger partial charge in [-0.15, -0.1) is 0 Å². The Morgan fingerprint density at radius 2 is 1.88 bits per heavy atom. The third-order valence-corrected chi connectivity index (χ3v) is 4.47. The van der Waals surface area contributed by atoms with Gasteiger partial charge in [0, 0.05) is 6.92 Å². The number of hydrogen-bond acceptors (Lipinski definition) is 2. The van der Waals surface area contributed by atoms with Crippen molar-refractivity contribution in [1.82, 2.24) is 0 Å². The van der Waals surface area contributed by atoms with E-state index in [0.717, 1.165) is 5.57 Å². The first-order valence-electron chi connectivity index (χ1n) is 8.76. The van der Waals surface area contributed by atoms with Crippen molar-refractivity contribution in [2.45, 2.75) is 60.8 Å². The second-order valence-electron chi connectivity index (χ2n) is 7.29. The molecule has 1 aliphatic carbocycles. The molecule has 0 aromatic carbocycles. The summed E-state index contributed by atoms with van der Waals surface area (Å²) in [5, 5.41) is 0. The molecule has 2 nitrogen and oxygen atoms in total. The Bertz CT molecular complexity index is 595. The predicted octanol–water partition coefficient (Wildman–Crippen LogP) is 6.08. The van der Waals surface area contributed by atoms with Gasteiger partial charge < -0.3 is 4.74 Å². The first-order chi connectivity index (χ1) is 11.2. The zero-order valence-corrected chi connectivity index (χ0v) is 16.1. The number of esters is 1. The molecule has 0 saturated heterocycles. The smallest absolute Gasteiger partial charge is 0.302 e. The van der Waals surface area contributed by atoms with Gasteiger partial charge in [0.15, 0.2) is 0 Å². The Morgan fingerprint density at radius 1 is 1.17 bits per heavy atom. The molecule has 0 aromatic heterocycles. The van der Waals surface area contributed by atoms with Gasteiger partial charge >= 0.3 is 5.97 Å². The Labute approximate surface area is 147 Å². The van der Waals surface area contributed by atoms with Crippen molar-refractivity contribution < 1.29 is 9.53 Å². The van der Waals surface area contributed by atoms with Crippen LogP contribution >= 0.6 is 0 Å². The van der Waals surface area contributed by atoms with Gasteiger partial charge in [0.25, 0.3) is 0 Å². The minimum Gasteiger partial charge on any atom is -0.462 e. The van der Waals surface area contributed by atoms with Crippen molar-refractivity contribution in [3.8, 4) is 0 Å². The highest BCUT2D eigenvalue weighted by molar-refractivity contribution is 5.66. The number of carbonyl (C=O) groups is 1. The predicted molar refractivity (Wildman–Crippen MR) is 103 cm³/mol. The fourth-order valence-electron chi connectivity index (χ4n) is 2.99. The SMILES string of the molecule is CC(=O)OCC=C(C)/C=C\C=C(C)C=CC1=C(C)CCCC1(C)C. The molecule has 0 fully saturated rings. The summed E-state index contributed by atoms with van der Waals surface area (Å²) in [4.78, 5) is 10.7. The number of ether oxygens (including phenoxy) is 1. The maximum absolute atomic E-state index is 10.7. The van der Waals surface area contributed by atoms with Crippen LogP contribution in [0.2, 0.25) is 0 Å². The van der Waals surface area contributed by atoms with Crippen LogP contribution in [-0.4, -0.2) is 12.6 Å². The number of rotatable bonds is 6. The van der Waals surface area contributed by atoms with Crippen molar-refractivity contribution in [3.63, 3.8) is 0 Å². The molecule has 0 spiro atoms. The summed E-state index contributed by atoms with van der Waals surface area (Å²) in [7, 11) is 0. The molecule has 0 amide bonds. The van der Waals surface area contributed by atoms with Crippen LogP contribution in [0.1, 0.15) is 60.8 Å². The Balaban J connectivity index is 2.67. The lowest BCUT2D eigenvalue weighted by atomic mass is 9.72. The van der Waals surface area contributed by atoms with Crippen molar-refractivity contribution in [3.05, 3.63) is 58.7 Å². The van der Waals surface area contributed by atoms with Gasteiger partial charge in [0.1, 0.15) is 6.61 Å². The van der Waals surface area contributed by atoms with E-state index in [1.54, 1.807) is 0 Å². The molecule has 0 heterocycles. The molecule has 0 N–H and O–H groups in total. The van der Waals surface area contributed by atoms with E-state index in [4.69, 9.17) is 4.74 Å². The van der Waals surface area contributed by atoms with Gasteiger partial charge in [-0.1, -0.05) is 60.9 Å². The fourth-order valence-corrected chi connectivity index (χ4v) is 2.99. The molecule has 0 saturated carbocycles. The highest BCUT2D eigenvalue weighted by Gasteiger charge is 2.26. The standard InChI is InChI=1S/C22H32O2/c1-17(9-7-10-18(2)14-16-24-20(4)23)12-13-21-19(3)11-8-15-22(21,5)6/h7,9-10,12-14H,8,11,15-16H2,1-6H3/b10-7-,13-12?,17-9?,18-14?. The van der Waals surface area contributed by atoms with Crippen LogP contribution in [0.5, 0.6) is 0 Å². The van der Waals surface area contributed by atoms with E-state index in [0.29, 0.717) is 6.61 Å². The maximum atomic E-state index is 10.7. The van der Waals surface area contributed by atoms with Crippen molar-refractivity contribution in [2.24, 2.45) is 5.41 Å². The van der Waals surface area contributed by atoms with Crippen LogP contribution in [0, 0.1) is 5.41 Å². The summed E-state index contributed by atoms with van der Waals surface area (Å²) in [6, 6.07) is 0. The third-order valence-electron chi connectivity index (χ3n) is 4.47. The van der Waals surface area contributed by atoms with E-state index in [1.807, 2.05) is 25.2 Å². The molecule has 132 valence electrons. The molecular formula is C22H32O2. The molecule has 1 aliphatic rings. The molecule has 0 aromatic rings. The fraction of sp³-hybridized carbons (Fsp3) is 0.500. The Morgan fingerprint density at radius 3 is 2.50 bits per heavy atom. The quantitative estimate of drug-likeness (QED) is 0.436. The lowest BCUT2D eigenvalue weighted by Crippen LogP contribution is -2.19. The van der Waals surface area contributed by atoms with Crippen LogP contribution in [0.25, 0.3) is 0 Å². The summed E-state index contributed by atoms with van der Waals surface area (Å²) in [6.45, 7) is 12.8. The molecule has 0 aliphatic heterocycles. The molecule has 0 unspecified atom stereocenters. The highest BCUT2D eigenvalue weighted by atomic mass is 16.5. The van der Waals surface area contributed by atoms with Gasteiger partial charge in [0.05, 0.1) is 0 Å². The van der Waals surface area contributed by atoms with E-state index < -0.39 is 0 Å². The summed E-state index contributed by atoms with van der Waals surface area (Å²) in [6.07, 6.45) is 16.3. The zero-order valence-electron chi connectivity index (χ0n) is 16.1. The van der Waals surface area contributed by atoms with Gasteiger partial charge in [-0.05, 0) is 57.1 Å². The van der Waals surface area contributed by atoms with E-state index in [-0.39, 0.29) is 11.4 Å². The van der Waals surface area contributed by atoms with Crippen molar-refractivity contribution in [2.75, 3.05) is 6.61 Å². The number of allylic oxidation sites excluding steroid dienone is 9. The van der Waals surface area contributed by atoms with E-state index in [1.165, 1.54) is 42.9 Å². The van der Waals surface area contributed by atoms with Gasteiger partial charge in [-0.3, -0.25) is 4.79 Å². The normalized spacial score (nSPS) is 19.4. The monoisotopic (exact) mass is 328 g/mol. The van der Waals surface area contributed by atoms with E-state index in [9.17, 15) is 4.79 Å². The molecule has 2 heteroatoms. The summed E-state index contributed by atoms with van der Waals surface area (Å²) < 4.78 is 4.89. The van der Waals surface area contributed by atoms with Crippen molar-refractivity contribution >= 4 is 5.97 Å². The average Bonchev–Trinajstić information content (AvgIpc) is 2.45. The van der Waals surface area contributed by atoms with Crippen molar-refractivity contribution in [1.29, 1.82) is 0 Å². The molecule has 24 heavy (non-hydrogen) atoms. The van der Waals surface area contributed by atoms with Gasteiger partial charge in [-0.2, -0.15) is 0 Å². The maximum Gasteiger partial charge on any atom is 0.302 e. The minimum absolute atomic E-state index is 0.251. The molecule has 0 bridgehead atoms. The van der Waals surface area contributed by atoms with E-state index in [2.05, 4.69) is 45.9 Å². The third kappa shape index (κ3) is 7.16. The highest BCUT2D eigenvalue weighted by Crippen LogP contribution is 2.40. The molecule has 1 rings (SSSR count). The van der Waals surface area contributed by atoms with Gasteiger partial charge in [0.2, 0.25) is 0 Å². The largest absolute Gasteiger partial charge is 0.462 e. The minimum atomic E-state index is -0.251. The second kappa shape index (κ2) is 9.46. The van der Waals surface area contributed by atoms with Crippen LogP contribution < -0.4 is 0 Å². The molecular weight excluding hydrogens is 296 g/mol. The van der Waals surface area contributed by atoms with Gasteiger partial charge in [-0.25, -0.2) is 0 Å². The number of hydrogen-bond donors (Lipinski definition) is 0. The Kier molecular flexibility index (Phi) is 7.97. The van der Waals surface area contributed by atoms with Crippen LogP contribution in [-0.2, 0) is 9.53 Å². The average molecular weight is 328 g/mol. The lowest BCUT2D eigenvalue weighted by Gasteiger charge is -2.32. The lowest BCUT2D eigenvalue weighted by molar-refractivity contribution is -0.139. The first-order valence-corrected chi connectivity index (χ1v) is 8.76. The zero-order chi connectivity index (χ0) is 18.2. The van der Waals surface area contributed by atoms with Crippen LogP contribution in [0.15, 0.2) is 58.7 Å². The topological polar surface area (TPSA) is 26.3 Å². The Hall–Kier alpha value is -1.83. The van der Waals surface area contributed by atoms with Crippen LogP contribution in [0.3, 0.4) is 0 Å². The molecule has 0 atom stereocenters. The number of carbonyl (C=O) groups excluding carboxylic acids is 1. The van der Waals surface area contributed by atoms with Crippen LogP contribution in [0.4, 0.5) is 0 Å². The summed E-state index contributed by atoms with van der Waals surface area (Å²) >= 11 is 0.